The molecule has 0 radical (unpaired) electrons. The molecule has 0 saturated heterocycles. The molecule has 1 N–H and O–H groups in total. The van der Waals surface area contributed by atoms with Crippen LogP contribution in [0, 0.1) is 18.8 Å². The molecule has 3 unspecified atom stereocenters. The molecule has 100 valence electrons. The van der Waals surface area contributed by atoms with E-state index in [9.17, 15) is 0 Å². The third-order valence-electron chi connectivity index (χ3n) is 4.33. The quantitative estimate of drug-likeness (QED) is 0.847. The van der Waals surface area contributed by atoms with E-state index in [1.54, 1.807) is 0 Å². The Morgan fingerprint density at radius 3 is 2.56 bits per heavy atom. The molecule has 1 aromatic carbocycles. The summed E-state index contributed by atoms with van der Waals surface area (Å²) in [5, 5.41) is 3.69. The minimum absolute atomic E-state index is 0.729. The second-order valence-electron chi connectivity index (χ2n) is 6.03. The lowest BCUT2D eigenvalue weighted by molar-refractivity contribution is 0.214. The highest BCUT2D eigenvalue weighted by molar-refractivity contribution is 5.22. The topological polar surface area (TPSA) is 12.0 Å². The van der Waals surface area contributed by atoms with Crippen molar-refractivity contribution in [1.29, 1.82) is 0 Å². The molecule has 0 bridgehead atoms. The van der Waals surface area contributed by atoms with E-state index in [2.05, 4.69) is 50.4 Å². The van der Waals surface area contributed by atoms with Crippen LogP contribution < -0.4 is 5.32 Å². The predicted octanol–water partition coefficient (Wildman–Crippen LogP) is 3.95. The van der Waals surface area contributed by atoms with Gasteiger partial charge in [0.25, 0.3) is 0 Å². The highest BCUT2D eigenvalue weighted by atomic mass is 14.9. The van der Waals surface area contributed by atoms with E-state index in [-0.39, 0.29) is 0 Å². The number of benzene rings is 1. The molecule has 0 heterocycles. The molecule has 2 rings (SSSR count). The zero-order valence-corrected chi connectivity index (χ0v) is 12.1. The van der Waals surface area contributed by atoms with Gasteiger partial charge in [0.15, 0.2) is 0 Å². The number of aryl methyl sites for hydroxylation is 1. The van der Waals surface area contributed by atoms with Crippen LogP contribution in [0.25, 0.3) is 0 Å². The second kappa shape index (κ2) is 6.38. The third kappa shape index (κ3) is 3.58. The Labute approximate surface area is 112 Å². The first-order valence-electron chi connectivity index (χ1n) is 7.48. The van der Waals surface area contributed by atoms with E-state index in [0.29, 0.717) is 0 Å². The van der Waals surface area contributed by atoms with Crippen molar-refractivity contribution in [2.45, 2.75) is 52.5 Å². The molecule has 0 aliphatic heterocycles. The van der Waals surface area contributed by atoms with Crippen molar-refractivity contribution in [3.8, 4) is 0 Å². The van der Waals surface area contributed by atoms with Gasteiger partial charge in [0.2, 0.25) is 0 Å². The van der Waals surface area contributed by atoms with Gasteiger partial charge in [-0.3, -0.25) is 0 Å². The predicted molar refractivity (Wildman–Crippen MR) is 78.9 cm³/mol. The van der Waals surface area contributed by atoms with E-state index in [1.807, 2.05) is 0 Å². The van der Waals surface area contributed by atoms with Gasteiger partial charge in [-0.05, 0) is 56.6 Å². The van der Waals surface area contributed by atoms with Crippen LogP contribution in [0.4, 0.5) is 0 Å². The van der Waals surface area contributed by atoms with Gasteiger partial charge < -0.3 is 5.32 Å². The molecule has 1 saturated carbocycles. The molecule has 0 spiro atoms. The van der Waals surface area contributed by atoms with Gasteiger partial charge in [0, 0.05) is 6.04 Å². The zero-order valence-electron chi connectivity index (χ0n) is 12.1. The van der Waals surface area contributed by atoms with Crippen molar-refractivity contribution in [3.63, 3.8) is 0 Å². The smallest absolute Gasteiger partial charge is 0.00985 e. The highest BCUT2D eigenvalue weighted by Crippen LogP contribution is 2.31. The molecule has 0 amide bonds. The van der Waals surface area contributed by atoms with Crippen molar-refractivity contribution in [2.75, 3.05) is 6.54 Å². The standard InChI is InChI=1S/C17H27N/c1-4-18-17-10-7-14(3)11-16(17)12-15-8-5-13(2)6-9-15/h5-6,8-9,14,16-18H,4,7,10-12H2,1-3H3. The lowest BCUT2D eigenvalue weighted by Gasteiger charge is -2.35. The van der Waals surface area contributed by atoms with Crippen molar-refractivity contribution >= 4 is 0 Å². The van der Waals surface area contributed by atoms with Crippen LogP contribution in [0.1, 0.15) is 44.2 Å². The van der Waals surface area contributed by atoms with Gasteiger partial charge in [-0.15, -0.1) is 0 Å². The van der Waals surface area contributed by atoms with Crippen LogP contribution in [0.3, 0.4) is 0 Å². The zero-order chi connectivity index (χ0) is 13.0. The fourth-order valence-corrected chi connectivity index (χ4v) is 3.28. The summed E-state index contributed by atoms with van der Waals surface area (Å²) >= 11 is 0. The first-order chi connectivity index (χ1) is 8.69. The van der Waals surface area contributed by atoms with Crippen molar-refractivity contribution < 1.29 is 0 Å². The first kappa shape index (κ1) is 13.6. The van der Waals surface area contributed by atoms with E-state index < -0.39 is 0 Å². The maximum absolute atomic E-state index is 3.69. The first-order valence-corrected chi connectivity index (χ1v) is 7.48. The van der Waals surface area contributed by atoms with E-state index in [4.69, 9.17) is 0 Å². The lowest BCUT2D eigenvalue weighted by Crippen LogP contribution is -2.41. The minimum Gasteiger partial charge on any atom is -0.314 e. The number of hydrogen-bond donors (Lipinski definition) is 1. The highest BCUT2D eigenvalue weighted by Gasteiger charge is 2.27. The van der Waals surface area contributed by atoms with Gasteiger partial charge in [0.1, 0.15) is 0 Å². The molecule has 1 aromatic rings. The Hall–Kier alpha value is -0.820. The molecule has 1 aliphatic rings. The van der Waals surface area contributed by atoms with Crippen molar-refractivity contribution in [2.24, 2.45) is 11.8 Å². The van der Waals surface area contributed by atoms with Crippen LogP contribution in [-0.2, 0) is 6.42 Å². The summed E-state index contributed by atoms with van der Waals surface area (Å²) in [6.45, 7) is 7.89. The summed E-state index contributed by atoms with van der Waals surface area (Å²) in [5.41, 5.74) is 2.86. The fraction of sp³-hybridized carbons (Fsp3) is 0.647. The Morgan fingerprint density at radius 1 is 1.17 bits per heavy atom. The Morgan fingerprint density at radius 2 is 1.89 bits per heavy atom. The molecule has 18 heavy (non-hydrogen) atoms. The van der Waals surface area contributed by atoms with Crippen molar-refractivity contribution in [1.82, 2.24) is 5.32 Å². The fourth-order valence-electron chi connectivity index (χ4n) is 3.28. The summed E-state index contributed by atoms with van der Waals surface area (Å²) in [6.07, 6.45) is 5.36. The number of hydrogen-bond acceptors (Lipinski definition) is 1. The summed E-state index contributed by atoms with van der Waals surface area (Å²) in [6, 6.07) is 9.82. The maximum atomic E-state index is 3.69. The number of rotatable bonds is 4. The Balaban J connectivity index is 2.01. The molecule has 0 aromatic heterocycles. The SMILES string of the molecule is CCNC1CCC(C)CC1Cc1ccc(C)cc1. The van der Waals surface area contributed by atoms with E-state index in [0.717, 1.165) is 24.4 Å². The Kier molecular flexibility index (Phi) is 4.82. The van der Waals surface area contributed by atoms with Crippen molar-refractivity contribution in [3.05, 3.63) is 35.4 Å². The third-order valence-corrected chi connectivity index (χ3v) is 4.33. The molecule has 1 nitrogen and oxygen atoms in total. The van der Waals surface area contributed by atoms with Crippen LogP contribution >= 0.6 is 0 Å². The normalized spacial score (nSPS) is 28.3. The summed E-state index contributed by atoms with van der Waals surface area (Å²) in [4.78, 5) is 0. The second-order valence-corrected chi connectivity index (χ2v) is 6.03. The van der Waals surface area contributed by atoms with Crippen LogP contribution in [0.2, 0.25) is 0 Å². The van der Waals surface area contributed by atoms with Crippen LogP contribution in [0.15, 0.2) is 24.3 Å². The van der Waals surface area contributed by atoms with Crippen LogP contribution in [0.5, 0.6) is 0 Å². The molecule has 1 heteroatoms. The Bertz CT molecular complexity index is 354. The van der Waals surface area contributed by atoms with Gasteiger partial charge >= 0.3 is 0 Å². The molecular formula is C17H27N. The maximum Gasteiger partial charge on any atom is 0.00985 e. The van der Waals surface area contributed by atoms with Gasteiger partial charge in [-0.25, -0.2) is 0 Å². The summed E-state index contributed by atoms with van der Waals surface area (Å²) in [5.74, 6) is 1.71. The van der Waals surface area contributed by atoms with Gasteiger partial charge in [-0.1, -0.05) is 43.7 Å². The average Bonchev–Trinajstić information content (AvgIpc) is 2.36. The average molecular weight is 245 g/mol. The molecular weight excluding hydrogens is 218 g/mol. The minimum atomic E-state index is 0.729. The van der Waals surface area contributed by atoms with Crippen LogP contribution in [-0.4, -0.2) is 12.6 Å². The van der Waals surface area contributed by atoms with E-state index >= 15 is 0 Å². The summed E-state index contributed by atoms with van der Waals surface area (Å²) < 4.78 is 0. The molecule has 3 atom stereocenters. The lowest BCUT2D eigenvalue weighted by atomic mass is 9.76. The number of nitrogens with one attached hydrogen (secondary N) is 1. The molecule has 1 aliphatic carbocycles. The monoisotopic (exact) mass is 245 g/mol. The van der Waals surface area contributed by atoms with Gasteiger partial charge in [0.05, 0.1) is 0 Å². The molecule has 1 fully saturated rings. The van der Waals surface area contributed by atoms with E-state index in [1.165, 1.54) is 36.8 Å². The largest absolute Gasteiger partial charge is 0.314 e. The summed E-state index contributed by atoms with van der Waals surface area (Å²) in [7, 11) is 0. The van der Waals surface area contributed by atoms with Gasteiger partial charge in [-0.2, -0.15) is 0 Å².